The zero-order valence-corrected chi connectivity index (χ0v) is 18.4. The standard InChI is InChI=1S/C18H34N4O6S/c1-6-9(4)13(21-15(24)11(19)7-29)16(25)22-14(10(5)23)17(26)20-12(8(2)3)18(27)28/h8-14,23,29H,6-7,19H2,1-5H3,(H,20,26)(H,21,24)(H,22,25)(H,27,28). The van der Waals surface area contributed by atoms with Gasteiger partial charge in [-0.2, -0.15) is 12.6 Å². The zero-order valence-electron chi connectivity index (χ0n) is 17.5. The number of rotatable bonds is 12. The maximum atomic E-state index is 12.8. The molecule has 0 saturated heterocycles. The van der Waals surface area contributed by atoms with Gasteiger partial charge >= 0.3 is 5.97 Å². The number of carbonyl (C=O) groups is 4. The van der Waals surface area contributed by atoms with Gasteiger partial charge in [0.25, 0.3) is 0 Å². The molecule has 0 aliphatic heterocycles. The molecule has 6 unspecified atom stereocenters. The minimum Gasteiger partial charge on any atom is -0.480 e. The Morgan fingerprint density at radius 2 is 1.34 bits per heavy atom. The summed E-state index contributed by atoms with van der Waals surface area (Å²) in [7, 11) is 0. The molecule has 10 nitrogen and oxygen atoms in total. The van der Waals surface area contributed by atoms with Crippen LogP contribution < -0.4 is 21.7 Å². The van der Waals surface area contributed by atoms with Gasteiger partial charge in [0.1, 0.15) is 18.1 Å². The van der Waals surface area contributed by atoms with Gasteiger partial charge in [-0.05, 0) is 18.8 Å². The van der Waals surface area contributed by atoms with Crippen LogP contribution in [0, 0.1) is 11.8 Å². The van der Waals surface area contributed by atoms with Crippen LogP contribution >= 0.6 is 12.6 Å². The van der Waals surface area contributed by atoms with Gasteiger partial charge in [-0.1, -0.05) is 34.1 Å². The average Bonchev–Trinajstić information content (AvgIpc) is 2.65. The Labute approximate surface area is 176 Å². The Hall–Kier alpha value is -1.85. The highest BCUT2D eigenvalue weighted by Crippen LogP contribution is 2.10. The normalized spacial score (nSPS) is 17.4. The fraction of sp³-hybridized carbons (Fsp3) is 0.778. The molecule has 0 heterocycles. The zero-order chi connectivity index (χ0) is 22.9. The molecule has 0 aliphatic rings. The second kappa shape index (κ2) is 12.7. The van der Waals surface area contributed by atoms with Crippen LogP contribution in [-0.2, 0) is 19.2 Å². The van der Waals surface area contributed by atoms with E-state index in [1.165, 1.54) is 6.92 Å². The lowest BCUT2D eigenvalue weighted by atomic mass is 9.97. The van der Waals surface area contributed by atoms with Gasteiger partial charge in [0, 0.05) is 5.75 Å². The van der Waals surface area contributed by atoms with E-state index in [2.05, 4.69) is 28.6 Å². The Morgan fingerprint density at radius 3 is 1.72 bits per heavy atom. The maximum Gasteiger partial charge on any atom is 0.326 e. The molecule has 0 bridgehead atoms. The van der Waals surface area contributed by atoms with Crippen LogP contribution in [0.25, 0.3) is 0 Å². The fourth-order valence-corrected chi connectivity index (χ4v) is 2.62. The van der Waals surface area contributed by atoms with Crippen molar-refractivity contribution in [1.82, 2.24) is 16.0 Å². The Morgan fingerprint density at radius 1 is 0.897 bits per heavy atom. The molecule has 0 aromatic carbocycles. The molecule has 0 aliphatic carbocycles. The lowest BCUT2D eigenvalue weighted by molar-refractivity contribution is -0.144. The van der Waals surface area contributed by atoms with E-state index in [9.17, 15) is 29.4 Å². The molecule has 11 heteroatoms. The second-order valence-electron chi connectivity index (χ2n) is 7.46. The summed E-state index contributed by atoms with van der Waals surface area (Å²) >= 11 is 3.96. The smallest absolute Gasteiger partial charge is 0.326 e. The van der Waals surface area contributed by atoms with E-state index in [4.69, 9.17) is 5.73 Å². The monoisotopic (exact) mass is 434 g/mol. The molecule has 3 amide bonds. The van der Waals surface area contributed by atoms with Crippen LogP contribution in [0.2, 0.25) is 0 Å². The molecule has 168 valence electrons. The third-order valence-corrected chi connectivity index (χ3v) is 5.01. The van der Waals surface area contributed by atoms with Crippen molar-refractivity contribution in [2.24, 2.45) is 17.6 Å². The summed E-state index contributed by atoms with van der Waals surface area (Å²) in [6.45, 7) is 8.10. The van der Waals surface area contributed by atoms with E-state index < -0.39 is 59.9 Å². The number of aliphatic hydroxyl groups excluding tert-OH is 1. The fourth-order valence-electron chi connectivity index (χ4n) is 2.45. The van der Waals surface area contributed by atoms with E-state index in [0.717, 1.165) is 0 Å². The van der Waals surface area contributed by atoms with Gasteiger partial charge in [-0.15, -0.1) is 0 Å². The van der Waals surface area contributed by atoms with Crippen LogP contribution in [0.15, 0.2) is 0 Å². The van der Waals surface area contributed by atoms with Crippen molar-refractivity contribution in [2.75, 3.05) is 5.75 Å². The van der Waals surface area contributed by atoms with Crippen LogP contribution in [0.3, 0.4) is 0 Å². The molecule has 0 aromatic rings. The van der Waals surface area contributed by atoms with E-state index in [-0.39, 0.29) is 11.7 Å². The van der Waals surface area contributed by atoms with Gasteiger partial charge in [0.2, 0.25) is 17.7 Å². The second-order valence-corrected chi connectivity index (χ2v) is 7.82. The molecule has 0 rings (SSSR count). The van der Waals surface area contributed by atoms with E-state index in [0.29, 0.717) is 6.42 Å². The summed E-state index contributed by atoms with van der Waals surface area (Å²) in [5.74, 6) is -3.92. The van der Waals surface area contributed by atoms with Gasteiger partial charge in [0.05, 0.1) is 12.1 Å². The summed E-state index contributed by atoms with van der Waals surface area (Å²) < 4.78 is 0. The first-order valence-electron chi connectivity index (χ1n) is 9.55. The molecule has 6 atom stereocenters. The third kappa shape index (κ3) is 8.58. The van der Waals surface area contributed by atoms with Crippen molar-refractivity contribution in [3.63, 3.8) is 0 Å². The van der Waals surface area contributed by atoms with Crippen molar-refractivity contribution >= 4 is 36.3 Å². The van der Waals surface area contributed by atoms with E-state index in [1.54, 1.807) is 20.8 Å². The highest BCUT2D eigenvalue weighted by atomic mass is 32.1. The first-order chi connectivity index (χ1) is 13.4. The molecule has 29 heavy (non-hydrogen) atoms. The molecule has 7 N–H and O–H groups in total. The summed E-state index contributed by atoms with van der Waals surface area (Å²) in [6, 6.07) is -4.48. The summed E-state index contributed by atoms with van der Waals surface area (Å²) in [4.78, 5) is 48.7. The minimum atomic E-state index is -1.40. The van der Waals surface area contributed by atoms with Crippen LogP contribution in [0.1, 0.15) is 41.0 Å². The molecule has 0 saturated carbocycles. The largest absolute Gasteiger partial charge is 0.480 e. The highest BCUT2D eigenvalue weighted by Gasteiger charge is 2.34. The number of aliphatic carboxylic acids is 1. The third-order valence-electron chi connectivity index (χ3n) is 4.62. The highest BCUT2D eigenvalue weighted by molar-refractivity contribution is 7.80. The maximum absolute atomic E-state index is 12.8. The number of aliphatic hydroxyl groups is 1. The predicted octanol–water partition coefficient (Wildman–Crippen LogP) is -1.13. The first kappa shape index (κ1) is 27.1. The minimum absolute atomic E-state index is 0.0885. The summed E-state index contributed by atoms with van der Waals surface area (Å²) in [5.41, 5.74) is 5.64. The van der Waals surface area contributed by atoms with Crippen LogP contribution in [0.5, 0.6) is 0 Å². The first-order valence-corrected chi connectivity index (χ1v) is 10.2. The topological polar surface area (TPSA) is 171 Å². The average molecular weight is 435 g/mol. The number of carbonyl (C=O) groups excluding carboxylic acids is 3. The van der Waals surface area contributed by atoms with Crippen molar-refractivity contribution in [3.8, 4) is 0 Å². The van der Waals surface area contributed by atoms with E-state index >= 15 is 0 Å². The number of nitrogens with two attached hydrogens (primary N) is 1. The number of carboxylic acids is 1. The molecular formula is C18H34N4O6S. The number of amides is 3. The van der Waals surface area contributed by atoms with Gasteiger partial charge < -0.3 is 31.9 Å². The van der Waals surface area contributed by atoms with Crippen molar-refractivity contribution in [2.45, 2.75) is 71.3 Å². The Bertz CT molecular complexity index is 587. The van der Waals surface area contributed by atoms with Crippen molar-refractivity contribution in [3.05, 3.63) is 0 Å². The number of thiol groups is 1. The van der Waals surface area contributed by atoms with Gasteiger partial charge in [0.15, 0.2) is 0 Å². The molecule has 0 aromatic heterocycles. The lowest BCUT2D eigenvalue weighted by Gasteiger charge is -2.29. The van der Waals surface area contributed by atoms with Crippen molar-refractivity contribution in [1.29, 1.82) is 0 Å². The quantitative estimate of drug-likeness (QED) is 0.190. The molecule has 0 fully saturated rings. The van der Waals surface area contributed by atoms with Gasteiger partial charge in [-0.25, -0.2) is 4.79 Å². The molecular weight excluding hydrogens is 400 g/mol. The Balaban J connectivity index is 5.44. The lowest BCUT2D eigenvalue weighted by Crippen LogP contribution is -2.61. The number of nitrogens with one attached hydrogen (secondary N) is 3. The number of carboxylic acid groups (broad SMARTS) is 1. The predicted molar refractivity (Wildman–Crippen MR) is 111 cm³/mol. The van der Waals surface area contributed by atoms with Crippen LogP contribution in [0.4, 0.5) is 0 Å². The Kier molecular flexibility index (Phi) is 11.8. The van der Waals surface area contributed by atoms with Crippen LogP contribution in [-0.4, -0.2) is 69.9 Å². The van der Waals surface area contributed by atoms with Crippen molar-refractivity contribution < 1.29 is 29.4 Å². The SMILES string of the molecule is CCC(C)C(NC(=O)C(N)CS)C(=O)NC(C(=O)NC(C(=O)O)C(C)C)C(C)O. The summed E-state index contributed by atoms with van der Waals surface area (Å²) in [5, 5.41) is 26.5. The van der Waals surface area contributed by atoms with Gasteiger partial charge in [-0.3, -0.25) is 14.4 Å². The number of hydrogen-bond donors (Lipinski definition) is 7. The summed E-state index contributed by atoms with van der Waals surface area (Å²) in [6.07, 6.45) is -0.748. The van der Waals surface area contributed by atoms with E-state index in [1.807, 2.05) is 6.92 Å². The number of hydrogen-bond acceptors (Lipinski definition) is 7. The molecule has 0 radical (unpaired) electrons. The molecule has 0 spiro atoms.